The van der Waals surface area contributed by atoms with Gasteiger partial charge < -0.3 is 14.4 Å². The highest BCUT2D eigenvalue weighted by Crippen LogP contribution is 2.47. The van der Waals surface area contributed by atoms with E-state index in [2.05, 4.69) is 21.9 Å². The predicted octanol–water partition coefficient (Wildman–Crippen LogP) is 1.81. The van der Waals surface area contributed by atoms with Gasteiger partial charge in [-0.3, -0.25) is 4.79 Å². The lowest BCUT2D eigenvalue weighted by atomic mass is 10.1. The minimum atomic E-state index is -0.866. The molecule has 7 nitrogen and oxygen atoms in total. The number of rotatable bonds is 6. The number of thioether (sulfide) groups is 1. The van der Waals surface area contributed by atoms with Gasteiger partial charge in [-0.1, -0.05) is 18.7 Å². The number of aliphatic carboxylic acids is 1. The summed E-state index contributed by atoms with van der Waals surface area (Å²) in [5.41, 5.74) is 1.53. The van der Waals surface area contributed by atoms with Crippen LogP contribution in [-0.4, -0.2) is 43.5 Å². The van der Waals surface area contributed by atoms with Gasteiger partial charge in [0.15, 0.2) is 16.3 Å². The average Bonchev–Trinajstić information content (AvgIpc) is 3.08. The monoisotopic (exact) mass is 308 g/mol. The van der Waals surface area contributed by atoms with Gasteiger partial charge >= 0.3 is 5.97 Å². The second-order valence-electron chi connectivity index (χ2n) is 5.53. The highest BCUT2D eigenvalue weighted by molar-refractivity contribution is 7.99. The van der Waals surface area contributed by atoms with Gasteiger partial charge in [-0.25, -0.2) is 9.97 Å². The van der Waals surface area contributed by atoms with E-state index < -0.39 is 5.97 Å². The minimum absolute atomic E-state index is 0.0320. The van der Waals surface area contributed by atoms with Crippen LogP contribution in [0.4, 0.5) is 0 Å². The van der Waals surface area contributed by atoms with E-state index in [4.69, 9.17) is 9.84 Å². The zero-order valence-electron chi connectivity index (χ0n) is 11.9. The van der Waals surface area contributed by atoms with Gasteiger partial charge in [0.1, 0.15) is 6.33 Å². The number of fused-ring (bicyclic) bond motifs is 1. The summed E-state index contributed by atoms with van der Waals surface area (Å²) in [6.07, 6.45) is 3.77. The van der Waals surface area contributed by atoms with Crippen LogP contribution in [0.3, 0.4) is 0 Å². The first-order valence-electron chi connectivity index (χ1n) is 6.62. The molecule has 2 aromatic heterocycles. The summed E-state index contributed by atoms with van der Waals surface area (Å²) in [4.78, 5) is 23.6. The van der Waals surface area contributed by atoms with Crippen LogP contribution in [0.2, 0.25) is 0 Å². The molecule has 8 heteroatoms. The number of methoxy groups -OCH3 is 1. The number of carboxylic acid groups (broad SMARTS) is 1. The SMILES string of the molecule is COc1ncnc2c1nc(SCC(=O)O)n2CC1(C)CC1. The first-order chi connectivity index (χ1) is 10.0. The van der Waals surface area contributed by atoms with Crippen molar-refractivity contribution < 1.29 is 14.6 Å². The molecule has 1 saturated carbocycles. The zero-order valence-corrected chi connectivity index (χ0v) is 12.7. The third-order valence-corrected chi connectivity index (χ3v) is 4.59. The number of carboxylic acids is 1. The Labute approximate surface area is 125 Å². The summed E-state index contributed by atoms with van der Waals surface area (Å²) in [7, 11) is 1.53. The molecule has 0 aromatic carbocycles. The number of aromatic nitrogens is 4. The molecule has 0 amide bonds. The van der Waals surface area contributed by atoms with Crippen LogP contribution >= 0.6 is 11.8 Å². The van der Waals surface area contributed by atoms with Crippen molar-refractivity contribution in [3.63, 3.8) is 0 Å². The van der Waals surface area contributed by atoms with Gasteiger partial charge in [0.25, 0.3) is 0 Å². The largest absolute Gasteiger partial charge is 0.481 e. The molecule has 0 saturated heterocycles. The number of ether oxygens (including phenoxy) is 1. The Morgan fingerprint density at radius 3 is 2.90 bits per heavy atom. The van der Waals surface area contributed by atoms with Crippen LogP contribution < -0.4 is 4.74 Å². The van der Waals surface area contributed by atoms with E-state index in [9.17, 15) is 4.79 Å². The van der Waals surface area contributed by atoms with E-state index >= 15 is 0 Å². The highest BCUT2D eigenvalue weighted by Gasteiger charge is 2.38. The van der Waals surface area contributed by atoms with Crippen LogP contribution in [0.1, 0.15) is 19.8 Å². The Bertz CT molecular complexity index is 696. The Balaban J connectivity index is 2.05. The standard InChI is InChI=1S/C13H16N4O3S/c1-13(3-4-13)6-17-10-9(11(20-2)15-7-14-10)16-12(17)21-5-8(18)19/h7H,3-6H2,1-2H3,(H,18,19). The number of nitrogens with zero attached hydrogens (tertiary/aromatic N) is 4. The van der Waals surface area contributed by atoms with Gasteiger partial charge in [-0.05, 0) is 18.3 Å². The topological polar surface area (TPSA) is 90.1 Å². The van der Waals surface area contributed by atoms with Gasteiger partial charge in [-0.2, -0.15) is 4.98 Å². The molecule has 1 N–H and O–H groups in total. The molecule has 0 atom stereocenters. The van der Waals surface area contributed by atoms with E-state index in [0.29, 0.717) is 22.2 Å². The maximum absolute atomic E-state index is 10.8. The third-order valence-electron chi connectivity index (χ3n) is 3.62. The Morgan fingerprint density at radius 2 is 2.29 bits per heavy atom. The molecule has 0 unspecified atom stereocenters. The number of hydrogen-bond acceptors (Lipinski definition) is 6. The lowest BCUT2D eigenvalue weighted by Crippen LogP contribution is -2.10. The number of carbonyl (C=O) groups is 1. The van der Waals surface area contributed by atoms with Crippen molar-refractivity contribution >= 4 is 28.9 Å². The van der Waals surface area contributed by atoms with Crippen molar-refractivity contribution in [1.82, 2.24) is 19.5 Å². The molecule has 0 radical (unpaired) electrons. The van der Waals surface area contributed by atoms with Crippen molar-refractivity contribution in [3.8, 4) is 5.88 Å². The van der Waals surface area contributed by atoms with Gasteiger partial charge in [0.2, 0.25) is 5.88 Å². The third kappa shape index (κ3) is 2.80. The van der Waals surface area contributed by atoms with E-state index in [0.717, 1.165) is 19.4 Å². The molecule has 112 valence electrons. The first kappa shape index (κ1) is 14.1. The molecule has 0 spiro atoms. The normalized spacial score (nSPS) is 16.1. The summed E-state index contributed by atoms with van der Waals surface area (Å²) >= 11 is 1.20. The van der Waals surface area contributed by atoms with Gasteiger partial charge in [0.05, 0.1) is 12.9 Å². The lowest BCUT2D eigenvalue weighted by Gasteiger charge is -2.12. The molecule has 2 aromatic rings. The fourth-order valence-corrected chi connectivity index (χ4v) is 2.89. The van der Waals surface area contributed by atoms with Crippen molar-refractivity contribution in [3.05, 3.63) is 6.33 Å². The Morgan fingerprint density at radius 1 is 1.52 bits per heavy atom. The number of imidazole rings is 1. The zero-order chi connectivity index (χ0) is 15.0. The molecule has 1 aliphatic rings. The second kappa shape index (κ2) is 5.18. The lowest BCUT2D eigenvalue weighted by molar-refractivity contribution is -0.133. The van der Waals surface area contributed by atoms with Crippen LogP contribution in [0.5, 0.6) is 5.88 Å². The van der Waals surface area contributed by atoms with Crippen molar-refractivity contribution in [2.45, 2.75) is 31.5 Å². The maximum Gasteiger partial charge on any atom is 0.313 e. The molecule has 1 fully saturated rings. The van der Waals surface area contributed by atoms with E-state index in [1.807, 2.05) is 4.57 Å². The summed E-state index contributed by atoms with van der Waals surface area (Å²) in [5, 5.41) is 9.53. The number of hydrogen-bond donors (Lipinski definition) is 1. The summed E-state index contributed by atoms with van der Waals surface area (Å²) < 4.78 is 7.20. The smallest absolute Gasteiger partial charge is 0.313 e. The highest BCUT2D eigenvalue weighted by atomic mass is 32.2. The molecule has 21 heavy (non-hydrogen) atoms. The van der Waals surface area contributed by atoms with Gasteiger partial charge in [0, 0.05) is 6.54 Å². The molecule has 0 bridgehead atoms. The second-order valence-corrected chi connectivity index (χ2v) is 6.47. The van der Waals surface area contributed by atoms with E-state index in [1.54, 1.807) is 0 Å². The molecule has 0 aliphatic heterocycles. The van der Waals surface area contributed by atoms with Crippen molar-refractivity contribution in [2.75, 3.05) is 12.9 Å². The average molecular weight is 308 g/mol. The Hall–Kier alpha value is -1.83. The minimum Gasteiger partial charge on any atom is -0.481 e. The predicted molar refractivity (Wildman–Crippen MR) is 77.6 cm³/mol. The van der Waals surface area contributed by atoms with Gasteiger partial charge in [-0.15, -0.1) is 0 Å². The summed E-state index contributed by atoms with van der Waals surface area (Å²) in [6.45, 7) is 2.99. The maximum atomic E-state index is 10.8. The van der Waals surface area contributed by atoms with Crippen LogP contribution in [0.15, 0.2) is 11.5 Å². The first-order valence-corrected chi connectivity index (χ1v) is 7.61. The fourth-order valence-electron chi connectivity index (χ4n) is 2.18. The fraction of sp³-hybridized carbons (Fsp3) is 0.538. The van der Waals surface area contributed by atoms with E-state index in [1.165, 1.54) is 25.2 Å². The molecular weight excluding hydrogens is 292 g/mol. The molecule has 3 rings (SSSR count). The molecule has 1 aliphatic carbocycles. The Kier molecular flexibility index (Phi) is 3.48. The van der Waals surface area contributed by atoms with Crippen LogP contribution in [0.25, 0.3) is 11.2 Å². The van der Waals surface area contributed by atoms with Crippen LogP contribution in [-0.2, 0) is 11.3 Å². The van der Waals surface area contributed by atoms with E-state index in [-0.39, 0.29) is 11.2 Å². The summed E-state index contributed by atoms with van der Waals surface area (Å²) in [6, 6.07) is 0. The molecule has 2 heterocycles. The van der Waals surface area contributed by atoms with Crippen LogP contribution in [0, 0.1) is 5.41 Å². The van der Waals surface area contributed by atoms with Crippen molar-refractivity contribution in [2.24, 2.45) is 5.41 Å². The summed E-state index contributed by atoms with van der Waals surface area (Å²) in [5.74, 6) is -0.485. The van der Waals surface area contributed by atoms with Crippen molar-refractivity contribution in [1.29, 1.82) is 0 Å². The molecular formula is C13H16N4O3S. The quantitative estimate of drug-likeness (QED) is 0.814.